The number of halogens is 2. The summed E-state index contributed by atoms with van der Waals surface area (Å²) in [5.74, 6) is -0.530. The summed E-state index contributed by atoms with van der Waals surface area (Å²) in [7, 11) is 0. The molecule has 4 rings (SSSR count). The molecular weight excluding hydrogens is 727 g/mol. The molecule has 0 saturated heterocycles. The number of hydrogen-bond acceptors (Lipinski definition) is 7. The average Bonchev–Trinajstić information content (AvgIpc) is 3.20. The normalized spacial score (nSPS) is 15.4. The number of aliphatic hydroxyl groups excluding tert-OH is 2. The molecule has 0 aliphatic heterocycles. The second-order valence-electron chi connectivity index (χ2n) is 15.7. The van der Waals surface area contributed by atoms with Gasteiger partial charge in [0.15, 0.2) is 0 Å². The summed E-state index contributed by atoms with van der Waals surface area (Å²) >= 11 is 0. The van der Waals surface area contributed by atoms with E-state index in [1.54, 1.807) is 38.1 Å². The molecule has 1 aliphatic rings. The van der Waals surface area contributed by atoms with Gasteiger partial charge < -0.3 is 24.4 Å². The summed E-state index contributed by atoms with van der Waals surface area (Å²) in [6.45, 7) is 12.7. The zero-order chi connectivity index (χ0) is 41.3. The van der Waals surface area contributed by atoms with E-state index in [9.17, 15) is 19.8 Å². The highest BCUT2D eigenvalue weighted by Crippen LogP contribution is 2.40. The van der Waals surface area contributed by atoms with Crippen molar-refractivity contribution in [3.05, 3.63) is 101 Å². The molecule has 0 heterocycles. The molecule has 0 aromatic heterocycles. The second-order valence-corrected chi connectivity index (χ2v) is 15.7. The van der Waals surface area contributed by atoms with Gasteiger partial charge in [-0.3, -0.25) is 0 Å². The van der Waals surface area contributed by atoms with Crippen molar-refractivity contribution >= 4 is 11.9 Å². The first-order valence-corrected chi connectivity index (χ1v) is 20.7. The zero-order valence-corrected chi connectivity index (χ0v) is 34.2. The lowest BCUT2D eigenvalue weighted by Crippen LogP contribution is -2.16. The third-order valence-corrected chi connectivity index (χ3v) is 11.0. The summed E-state index contributed by atoms with van der Waals surface area (Å²) in [6, 6.07) is 13.9. The molecule has 3 aromatic carbocycles. The van der Waals surface area contributed by atoms with Crippen molar-refractivity contribution in [3.8, 4) is 28.0 Å². The number of carbonyl (C=O) groups is 2. The Hall–Kier alpha value is -4.34. The van der Waals surface area contributed by atoms with E-state index in [2.05, 4.69) is 20.1 Å². The number of benzene rings is 3. The number of rotatable bonds is 23. The van der Waals surface area contributed by atoms with Crippen LogP contribution in [-0.2, 0) is 31.9 Å². The van der Waals surface area contributed by atoms with Crippen molar-refractivity contribution < 1.29 is 42.8 Å². The van der Waals surface area contributed by atoms with Gasteiger partial charge >= 0.3 is 11.9 Å². The molecule has 1 aliphatic carbocycles. The summed E-state index contributed by atoms with van der Waals surface area (Å²) in [6.07, 6.45) is 11.7. The van der Waals surface area contributed by atoms with E-state index in [-0.39, 0.29) is 44.8 Å². The largest absolute Gasteiger partial charge is 0.493 e. The summed E-state index contributed by atoms with van der Waals surface area (Å²) in [4.78, 5) is 24.1. The molecule has 57 heavy (non-hydrogen) atoms. The van der Waals surface area contributed by atoms with Gasteiger partial charge in [0.25, 0.3) is 0 Å². The molecule has 7 nitrogen and oxygen atoms in total. The molecule has 1 saturated carbocycles. The Kier molecular flexibility index (Phi) is 18.4. The van der Waals surface area contributed by atoms with Crippen LogP contribution in [-0.4, -0.2) is 55.2 Å². The van der Waals surface area contributed by atoms with Crippen LogP contribution in [0.4, 0.5) is 8.78 Å². The van der Waals surface area contributed by atoms with Crippen LogP contribution < -0.4 is 4.74 Å². The smallest absolute Gasteiger partial charge is 0.333 e. The van der Waals surface area contributed by atoms with Crippen molar-refractivity contribution in [2.45, 2.75) is 110 Å². The summed E-state index contributed by atoms with van der Waals surface area (Å²) < 4.78 is 48.9. The molecule has 0 bridgehead atoms. The molecule has 0 atom stereocenters. The molecule has 2 N–H and O–H groups in total. The number of esters is 2. The lowest BCUT2D eigenvalue weighted by atomic mass is 9.77. The van der Waals surface area contributed by atoms with Gasteiger partial charge in [-0.25, -0.2) is 18.4 Å². The molecule has 9 heteroatoms. The van der Waals surface area contributed by atoms with Crippen LogP contribution in [0.2, 0.25) is 0 Å². The van der Waals surface area contributed by atoms with Crippen LogP contribution in [0.25, 0.3) is 22.3 Å². The Morgan fingerprint density at radius 1 is 0.737 bits per heavy atom. The minimum absolute atomic E-state index is 0.131. The fourth-order valence-corrected chi connectivity index (χ4v) is 7.54. The summed E-state index contributed by atoms with van der Waals surface area (Å²) in [5, 5.41) is 19.2. The van der Waals surface area contributed by atoms with E-state index in [0.717, 1.165) is 35.4 Å². The van der Waals surface area contributed by atoms with Gasteiger partial charge in [0.05, 0.1) is 19.8 Å². The highest BCUT2D eigenvalue weighted by molar-refractivity contribution is 5.87. The zero-order valence-electron chi connectivity index (χ0n) is 34.2. The van der Waals surface area contributed by atoms with Crippen LogP contribution in [0.1, 0.15) is 114 Å². The third kappa shape index (κ3) is 13.6. The Morgan fingerprint density at radius 3 is 1.82 bits per heavy atom. The first-order chi connectivity index (χ1) is 27.4. The number of aryl methyl sites for hydroxylation is 2. The highest BCUT2D eigenvalue weighted by Gasteiger charge is 2.24. The van der Waals surface area contributed by atoms with Crippen LogP contribution in [0.15, 0.2) is 72.8 Å². The van der Waals surface area contributed by atoms with Gasteiger partial charge in [0.1, 0.15) is 17.4 Å². The van der Waals surface area contributed by atoms with Gasteiger partial charge in [0.2, 0.25) is 0 Å². The van der Waals surface area contributed by atoms with Gasteiger partial charge in [0, 0.05) is 41.4 Å². The highest BCUT2D eigenvalue weighted by atomic mass is 19.1. The Balaban J connectivity index is 1.61. The maximum absolute atomic E-state index is 16.2. The molecule has 0 amide bonds. The number of unbranched alkanes of at least 4 members (excludes halogenated alkanes) is 2. The van der Waals surface area contributed by atoms with Gasteiger partial charge in [-0.1, -0.05) is 70.0 Å². The van der Waals surface area contributed by atoms with E-state index in [1.807, 2.05) is 18.2 Å². The van der Waals surface area contributed by atoms with E-state index in [4.69, 9.17) is 14.2 Å². The SMILES string of the molecule is C=C(C)C(=O)OCCCc1cc(-c2ccc(-c3ccc(C4CCC(CCCCC)CC4)cc3F)cc2F)cc(CCCOC(=O)C(=C)C)c1OCCC(CO)CO. The molecule has 0 radical (unpaired) electrons. The van der Waals surface area contributed by atoms with E-state index in [0.29, 0.717) is 77.2 Å². The number of ether oxygens (including phenoxy) is 3. The molecule has 3 aromatic rings. The van der Waals surface area contributed by atoms with Gasteiger partial charge in [-0.2, -0.15) is 0 Å². The predicted molar refractivity (Wildman–Crippen MR) is 222 cm³/mol. The topological polar surface area (TPSA) is 102 Å². The number of carbonyl (C=O) groups excluding carboxylic acids is 2. The van der Waals surface area contributed by atoms with Gasteiger partial charge in [-0.15, -0.1) is 0 Å². The first kappa shape index (κ1) is 45.4. The monoisotopic (exact) mass is 788 g/mol. The van der Waals surface area contributed by atoms with Gasteiger partial charge in [-0.05, 0) is 136 Å². The van der Waals surface area contributed by atoms with E-state index in [1.165, 1.54) is 44.6 Å². The van der Waals surface area contributed by atoms with E-state index >= 15 is 8.78 Å². The Morgan fingerprint density at radius 2 is 1.30 bits per heavy atom. The third-order valence-electron chi connectivity index (χ3n) is 11.0. The van der Waals surface area contributed by atoms with E-state index < -0.39 is 17.8 Å². The standard InChI is InChI=1S/C48H62F2O7/c1-6-7-8-11-34-14-16-36(17-15-34)37-18-20-42(44(49)28-37)38-19-21-43(45(50)29-38)41-26-39(12-9-23-56-47(53)32(2)3)46(55-25-22-35(30-51)31-52)40(27-41)13-10-24-57-48(54)33(4)5/h18-21,26-29,34-36,51-52H,2,4,6-17,22-25,30-31H2,1,3,5H3. The number of hydrogen-bond donors (Lipinski definition) is 2. The molecule has 0 spiro atoms. The van der Waals surface area contributed by atoms with Crippen LogP contribution in [0.3, 0.4) is 0 Å². The lowest BCUT2D eigenvalue weighted by molar-refractivity contribution is -0.139. The second kappa shape index (κ2) is 23.2. The predicted octanol–water partition coefficient (Wildman–Crippen LogP) is 10.6. The molecule has 310 valence electrons. The lowest BCUT2D eigenvalue weighted by Gasteiger charge is -2.29. The fraction of sp³-hybridized carbons (Fsp3) is 0.500. The quantitative estimate of drug-likeness (QED) is 0.0560. The van der Waals surface area contributed by atoms with Crippen molar-refractivity contribution in [2.24, 2.45) is 11.8 Å². The Labute approximate surface area is 338 Å². The van der Waals surface area contributed by atoms with Crippen LogP contribution in [0.5, 0.6) is 5.75 Å². The van der Waals surface area contributed by atoms with Crippen LogP contribution >= 0.6 is 0 Å². The van der Waals surface area contributed by atoms with Crippen molar-refractivity contribution in [2.75, 3.05) is 33.0 Å². The molecule has 1 fully saturated rings. The molecule has 0 unspecified atom stereocenters. The number of aliphatic hydroxyl groups is 2. The van der Waals surface area contributed by atoms with Crippen LogP contribution in [0, 0.1) is 23.5 Å². The Bertz CT molecular complexity index is 1750. The summed E-state index contributed by atoms with van der Waals surface area (Å²) in [5.41, 5.74) is 4.79. The van der Waals surface area contributed by atoms with Crippen molar-refractivity contribution in [1.82, 2.24) is 0 Å². The van der Waals surface area contributed by atoms with Crippen molar-refractivity contribution in [3.63, 3.8) is 0 Å². The maximum Gasteiger partial charge on any atom is 0.333 e. The minimum Gasteiger partial charge on any atom is -0.493 e. The average molecular weight is 789 g/mol. The molecular formula is C48H62F2O7. The first-order valence-electron chi connectivity index (χ1n) is 20.7. The van der Waals surface area contributed by atoms with Crippen molar-refractivity contribution in [1.29, 1.82) is 0 Å². The fourth-order valence-electron chi connectivity index (χ4n) is 7.54. The maximum atomic E-state index is 16.2. The minimum atomic E-state index is -0.512.